The maximum atomic E-state index is 12.8. The number of fused-ring (bicyclic) bond motifs is 1. The van der Waals surface area contributed by atoms with Crippen molar-refractivity contribution in [2.45, 2.75) is 26.2 Å². The molecule has 0 aliphatic carbocycles. The van der Waals surface area contributed by atoms with E-state index in [1.54, 1.807) is 31.4 Å². The fourth-order valence-corrected chi connectivity index (χ4v) is 5.05. The van der Waals surface area contributed by atoms with Gasteiger partial charge in [0.15, 0.2) is 17.3 Å². The fourth-order valence-electron chi connectivity index (χ4n) is 4.25. The molecule has 0 spiro atoms. The molecule has 216 valence electrons. The molecule has 0 aromatic heterocycles. The molecule has 2 heterocycles. The highest BCUT2D eigenvalue weighted by molar-refractivity contribution is 8.27. The molecule has 3 aromatic carbocycles. The summed E-state index contributed by atoms with van der Waals surface area (Å²) in [6.07, 6.45) is 2.69. The van der Waals surface area contributed by atoms with Gasteiger partial charge < -0.3 is 18.9 Å². The summed E-state index contributed by atoms with van der Waals surface area (Å²) in [7, 11) is 1.55. The Bertz CT molecular complexity index is 1540. The van der Waals surface area contributed by atoms with Crippen LogP contribution in [0.2, 0.25) is 0 Å². The predicted octanol–water partition coefficient (Wildman–Crippen LogP) is 6.36. The van der Waals surface area contributed by atoms with Gasteiger partial charge in [-0.3, -0.25) is 10.2 Å². The molecule has 0 fully saturated rings. The first-order valence-corrected chi connectivity index (χ1v) is 14.5. The molecule has 42 heavy (non-hydrogen) atoms. The minimum Gasteiger partial charge on any atom is -0.493 e. The number of hydrogen-bond acceptors (Lipinski definition) is 8. The zero-order chi connectivity index (χ0) is 29.5. The van der Waals surface area contributed by atoms with E-state index in [1.165, 1.54) is 22.3 Å². The lowest BCUT2D eigenvalue weighted by Crippen LogP contribution is -2.35. The van der Waals surface area contributed by atoms with Crippen molar-refractivity contribution in [3.05, 3.63) is 89.5 Å². The Balaban J connectivity index is 1.19. The van der Waals surface area contributed by atoms with Crippen LogP contribution >= 0.6 is 11.8 Å². The van der Waals surface area contributed by atoms with Crippen molar-refractivity contribution < 1.29 is 23.7 Å². The third kappa shape index (κ3) is 6.83. The van der Waals surface area contributed by atoms with Crippen LogP contribution in [0.5, 0.6) is 23.0 Å². The summed E-state index contributed by atoms with van der Waals surface area (Å²) in [6, 6.07) is 22.8. The first-order valence-electron chi connectivity index (χ1n) is 13.7. The van der Waals surface area contributed by atoms with Gasteiger partial charge in [0.2, 0.25) is 5.17 Å². The molecule has 3 aromatic rings. The van der Waals surface area contributed by atoms with Crippen LogP contribution in [0.3, 0.4) is 0 Å². The quantitative estimate of drug-likeness (QED) is 0.195. The second kappa shape index (κ2) is 13.4. The lowest BCUT2D eigenvalue weighted by molar-refractivity contribution is -0.114. The SMILES string of the molecule is CC[C@@H](C)c1ccc(OCCOc2ccc(/C=C3/C(=N)N4N=C(COc5ccccc5)SC4=NC3=O)cc2OC)cc1. The number of para-hydroxylation sites is 1. The minimum atomic E-state index is -0.507. The summed E-state index contributed by atoms with van der Waals surface area (Å²) in [6.45, 7) is 5.29. The lowest BCUT2D eigenvalue weighted by Gasteiger charge is -2.20. The van der Waals surface area contributed by atoms with E-state index in [-0.39, 0.29) is 18.0 Å². The van der Waals surface area contributed by atoms with Crippen LogP contribution in [0.4, 0.5) is 0 Å². The second-order valence-electron chi connectivity index (χ2n) is 9.60. The van der Waals surface area contributed by atoms with E-state index in [9.17, 15) is 4.79 Å². The molecule has 2 aliphatic heterocycles. The van der Waals surface area contributed by atoms with Crippen LogP contribution in [-0.4, -0.2) is 53.9 Å². The zero-order valence-corrected chi connectivity index (χ0v) is 24.5. The molecule has 1 amide bonds. The Labute approximate surface area is 249 Å². The number of ether oxygens (including phenoxy) is 4. The highest BCUT2D eigenvalue weighted by Gasteiger charge is 2.35. The molecule has 1 atom stereocenters. The number of hydrogen-bond donors (Lipinski definition) is 1. The molecular formula is C32H32N4O5S. The van der Waals surface area contributed by atoms with Gasteiger partial charge in [-0.15, -0.1) is 0 Å². The summed E-state index contributed by atoms with van der Waals surface area (Å²) in [5, 5.41) is 15.4. The molecular weight excluding hydrogens is 552 g/mol. The summed E-state index contributed by atoms with van der Waals surface area (Å²) < 4.78 is 23.0. The van der Waals surface area contributed by atoms with E-state index in [0.29, 0.717) is 52.2 Å². The van der Waals surface area contributed by atoms with Gasteiger partial charge in [0.1, 0.15) is 36.4 Å². The number of rotatable bonds is 12. The van der Waals surface area contributed by atoms with Crippen molar-refractivity contribution >= 4 is 39.8 Å². The van der Waals surface area contributed by atoms with Crippen molar-refractivity contribution in [3.63, 3.8) is 0 Å². The molecule has 0 saturated carbocycles. The molecule has 9 nitrogen and oxygen atoms in total. The zero-order valence-electron chi connectivity index (χ0n) is 23.7. The van der Waals surface area contributed by atoms with E-state index >= 15 is 0 Å². The third-order valence-corrected chi connectivity index (χ3v) is 7.65. The average molecular weight is 585 g/mol. The highest BCUT2D eigenvalue weighted by Crippen LogP contribution is 2.32. The normalized spacial score (nSPS) is 16.1. The summed E-state index contributed by atoms with van der Waals surface area (Å²) in [4.78, 5) is 17.0. The Morgan fingerprint density at radius 1 is 0.952 bits per heavy atom. The van der Waals surface area contributed by atoms with E-state index in [0.717, 1.165) is 12.2 Å². The van der Waals surface area contributed by atoms with E-state index < -0.39 is 5.91 Å². The van der Waals surface area contributed by atoms with Gasteiger partial charge in [-0.25, -0.2) is 0 Å². The number of carbonyl (C=O) groups is 1. The number of benzene rings is 3. The number of carbonyl (C=O) groups excluding carboxylic acids is 1. The van der Waals surface area contributed by atoms with Crippen molar-refractivity contribution in [3.8, 4) is 23.0 Å². The van der Waals surface area contributed by atoms with Gasteiger partial charge in [0.05, 0.1) is 12.7 Å². The number of hydrazone groups is 1. The standard InChI is InChI=1S/C32H32N4O5S/c1-4-21(2)23-11-13-25(14-12-23)39-16-17-40-27-15-10-22(19-28(27)38-3)18-26-30(33)36-32(34-31(26)37)42-29(35-36)20-41-24-8-6-5-7-9-24/h5-15,18-19,21,33H,4,16-17,20H2,1-3H3/b26-18-,33-30?/t21-/m1/s1. The summed E-state index contributed by atoms with van der Waals surface area (Å²) >= 11 is 1.21. The monoisotopic (exact) mass is 584 g/mol. The van der Waals surface area contributed by atoms with Crippen LogP contribution in [0.25, 0.3) is 6.08 Å². The highest BCUT2D eigenvalue weighted by atomic mass is 32.2. The molecule has 2 aliphatic rings. The van der Waals surface area contributed by atoms with Crippen LogP contribution < -0.4 is 18.9 Å². The number of aliphatic imine (C=N–C) groups is 1. The van der Waals surface area contributed by atoms with Crippen molar-refractivity contribution in [1.82, 2.24) is 5.01 Å². The van der Waals surface area contributed by atoms with Gasteiger partial charge in [-0.2, -0.15) is 15.1 Å². The molecule has 5 rings (SSSR count). The van der Waals surface area contributed by atoms with Gasteiger partial charge >= 0.3 is 0 Å². The number of thioether (sulfide) groups is 1. The smallest absolute Gasteiger partial charge is 0.283 e. The van der Waals surface area contributed by atoms with Crippen LogP contribution in [-0.2, 0) is 4.79 Å². The predicted molar refractivity (Wildman–Crippen MR) is 166 cm³/mol. The van der Waals surface area contributed by atoms with Crippen molar-refractivity contribution in [2.75, 3.05) is 26.9 Å². The second-order valence-corrected chi connectivity index (χ2v) is 10.6. The molecule has 0 radical (unpaired) electrons. The molecule has 0 unspecified atom stereocenters. The molecule has 0 bridgehead atoms. The number of amidine groups is 2. The molecule has 1 N–H and O–H groups in total. The number of nitrogens with one attached hydrogen (secondary N) is 1. The van der Waals surface area contributed by atoms with Gasteiger partial charge in [-0.05, 0) is 77.7 Å². The number of nitrogens with zero attached hydrogens (tertiary/aromatic N) is 3. The maximum absolute atomic E-state index is 12.8. The summed E-state index contributed by atoms with van der Waals surface area (Å²) in [5.41, 5.74) is 2.08. The van der Waals surface area contributed by atoms with E-state index in [1.807, 2.05) is 42.5 Å². The van der Waals surface area contributed by atoms with E-state index in [2.05, 4.69) is 36.1 Å². The van der Waals surface area contributed by atoms with Gasteiger partial charge in [0.25, 0.3) is 5.91 Å². The maximum Gasteiger partial charge on any atom is 0.283 e. The third-order valence-electron chi connectivity index (χ3n) is 6.77. The van der Waals surface area contributed by atoms with Crippen LogP contribution in [0, 0.1) is 5.41 Å². The van der Waals surface area contributed by atoms with Crippen molar-refractivity contribution in [1.29, 1.82) is 5.41 Å². The Hall–Kier alpha value is -4.57. The van der Waals surface area contributed by atoms with Gasteiger partial charge in [-0.1, -0.05) is 50.2 Å². The Morgan fingerprint density at radius 2 is 1.69 bits per heavy atom. The van der Waals surface area contributed by atoms with Crippen LogP contribution in [0.15, 0.2) is 88.5 Å². The van der Waals surface area contributed by atoms with Gasteiger partial charge in [0, 0.05) is 0 Å². The topological polar surface area (TPSA) is 106 Å². The number of methoxy groups -OCH3 is 1. The number of amides is 1. The Kier molecular flexibility index (Phi) is 9.23. The first kappa shape index (κ1) is 28.9. The Morgan fingerprint density at radius 3 is 2.43 bits per heavy atom. The summed E-state index contributed by atoms with van der Waals surface area (Å²) in [5.74, 6) is 2.50. The largest absolute Gasteiger partial charge is 0.493 e. The van der Waals surface area contributed by atoms with Crippen molar-refractivity contribution in [2.24, 2.45) is 10.1 Å². The first-order chi connectivity index (χ1) is 20.4. The molecule has 10 heteroatoms. The average Bonchev–Trinajstić information content (AvgIpc) is 3.44. The van der Waals surface area contributed by atoms with E-state index in [4.69, 9.17) is 24.4 Å². The molecule has 0 saturated heterocycles. The lowest BCUT2D eigenvalue weighted by atomic mass is 9.99. The fraction of sp³-hybridized carbons (Fsp3) is 0.250. The minimum absolute atomic E-state index is 0.0548. The van der Waals surface area contributed by atoms with Crippen LogP contribution in [0.1, 0.15) is 37.3 Å².